The van der Waals surface area contributed by atoms with Gasteiger partial charge in [0.05, 0.1) is 12.3 Å². The summed E-state index contributed by atoms with van der Waals surface area (Å²) in [5.74, 6) is 0. The van der Waals surface area contributed by atoms with E-state index in [2.05, 4.69) is 17.3 Å². The minimum absolute atomic E-state index is 0.208. The van der Waals surface area contributed by atoms with E-state index in [-0.39, 0.29) is 6.61 Å². The van der Waals surface area contributed by atoms with Gasteiger partial charge in [0.1, 0.15) is 0 Å². The van der Waals surface area contributed by atoms with Crippen molar-refractivity contribution in [3.63, 3.8) is 0 Å². The number of aryl methyl sites for hydroxylation is 2. The third kappa shape index (κ3) is 4.11. The number of hydrogen-bond acceptors (Lipinski definition) is 4. The first-order valence-electron chi connectivity index (χ1n) is 6.04. The van der Waals surface area contributed by atoms with Gasteiger partial charge in [0.2, 0.25) is 0 Å². The van der Waals surface area contributed by atoms with Crippen molar-refractivity contribution in [1.29, 1.82) is 0 Å². The summed E-state index contributed by atoms with van der Waals surface area (Å²) in [4.78, 5) is 0. The van der Waals surface area contributed by atoms with E-state index < -0.39 is 0 Å². The molecule has 5 heteroatoms. The molecule has 0 aliphatic carbocycles. The fraction of sp³-hybridized carbons (Fsp3) is 0.750. The van der Waals surface area contributed by atoms with Crippen molar-refractivity contribution in [2.24, 2.45) is 0 Å². The first kappa shape index (κ1) is 14.2. The number of aromatic nitrogens is 2. The molecule has 0 amide bonds. The van der Waals surface area contributed by atoms with E-state index in [1.807, 2.05) is 11.6 Å². The standard InChI is InChI=1S/C12H23N3O2/c1-10-12(9-13-5-8-17-3)11(2)15(14-10)6-4-7-16/h13,16H,4-9H2,1-3H3. The minimum atomic E-state index is 0.208. The molecule has 0 atom stereocenters. The van der Waals surface area contributed by atoms with E-state index >= 15 is 0 Å². The highest BCUT2D eigenvalue weighted by atomic mass is 16.5. The number of nitrogens with one attached hydrogen (secondary N) is 1. The zero-order chi connectivity index (χ0) is 12.7. The highest BCUT2D eigenvalue weighted by Gasteiger charge is 2.10. The first-order chi connectivity index (χ1) is 8.20. The molecular formula is C12H23N3O2. The van der Waals surface area contributed by atoms with Crippen LogP contribution in [0.1, 0.15) is 23.4 Å². The molecule has 98 valence electrons. The lowest BCUT2D eigenvalue weighted by Crippen LogP contribution is -2.19. The van der Waals surface area contributed by atoms with E-state index in [0.29, 0.717) is 0 Å². The molecule has 17 heavy (non-hydrogen) atoms. The zero-order valence-corrected chi connectivity index (χ0v) is 11.0. The first-order valence-corrected chi connectivity index (χ1v) is 6.04. The second-order valence-electron chi connectivity index (χ2n) is 4.12. The van der Waals surface area contributed by atoms with Gasteiger partial charge in [-0.25, -0.2) is 0 Å². The Morgan fingerprint density at radius 1 is 1.41 bits per heavy atom. The molecule has 0 unspecified atom stereocenters. The molecule has 0 bridgehead atoms. The molecule has 0 saturated heterocycles. The Morgan fingerprint density at radius 3 is 2.82 bits per heavy atom. The van der Waals surface area contributed by atoms with E-state index in [1.54, 1.807) is 7.11 Å². The Labute approximate surface area is 103 Å². The molecule has 5 nitrogen and oxygen atoms in total. The topological polar surface area (TPSA) is 59.3 Å². The molecule has 0 fully saturated rings. The molecular weight excluding hydrogens is 218 g/mol. The third-order valence-corrected chi connectivity index (χ3v) is 2.84. The molecule has 1 rings (SSSR count). The van der Waals surface area contributed by atoms with Crippen LogP contribution in [0.25, 0.3) is 0 Å². The van der Waals surface area contributed by atoms with Crippen molar-refractivity contribution in [3.05, 3.63) is 17.0 Å². The van der Waals surface area contributed by atoms with Crippen LogP contribution < -0.4 is 5.32 Å². The number of methoxy groups -OCH3 is 1. The fourth-order valence-electron chi connectivity index (χ4n) is 1.82. The van der Waals surface area contributed by atoms with E-state index in [9.17, 15) is 0 Å². The zero-order valence-electron chi connectivity index (χ0n) is 11.0. The van der Waals surface area contributed by atoms with Crippen molar-refractivity contribution in [3.8, 4) is 0 Å². The van der Waals surface area contributed by atoms with Crippen LogP contribution >= 0.6 is 0 Å². The van der Waals surface area contributed by atoms with Crippen LogP contribution in [0.4, 0.5) is 0 Å². The van der Waals surface area contributed by atoms with Gasteiger partial charge in [-0.1, -0.05) is 0 Å². The number of nitrogens with zero attached hydrogens (tertiary/aromatic N) is 2. The summed E-state index contributed by atoms with van der Waals surface area (Å²) in [6.45, 7) is 7.47. The maximum absolute atomic E-state index is 8.83. The largest absolute Gasteiger partial charge is 0.396 e. The molecule has 1 aromatic heterocycles. The molecule has 1 heterocycles. The molecule has 1 aromatic rings. The quantitative estimate of drug-likeness (QED) is 0.655. The van der Waals surface area contributed by atoms with Crippen LogP contribution in [0.2, 0.25) is 0 Å². The average molecular weight is 241 g/mol. The van der Waals surface area contributed by atoms with Gasteiger partial charge in [0.25, 0.3) is 0 Å². The second-order valence-corrected chi connectivity index (χ2v) is 4.12. The van der Waals surface area contributed by atoms with Crippen molar-refractivity contribution < 1.29 is 9.84 Å². The average Bonchev–Trinajstić information content (AvgIpc) is 2.58. The van der Waals surface area contributed by atoms with Crippen molar-refractivity contribution in [2.75, 3.05) is 26.9 Å². The molecule has 2 N–H and O–H groups in total. The van der Waals surface area contributed by atoms with Crippen LogP contribution in [0.3, 0.4) is 0 Å². The van der Waals surface area contributed by atoms with Gasteiger partial charge >= 0.3 is 0 Å². The van der Waals surface area contributed by atoms with Crippen molar-refractivity contribution in [2.45, 2.75) is 33.4 Å². The van der Waals surface area contributed by atoms with Gasteiger partial charge in [-0.3, -0.25) is 4.68 Å². The Morgan fingerprint density at radius 2 is 2.18 bits per heavy atom. The fourth-order valence-corrected chi connectivity index (χ4v) is 1.82. The SMILES string of the molecule is COCCNCc1c(C)nn(CCCO)c1C. The second kappa shape index (κ2) is 7.42. The van der Waals surface area contributed by atoms with Gasteiger partial charge in [0.15, 0.2) is 0 Å². The molecule has 0 aliphatic heterocycles. The summed E-state index contributed by atoms with van der Waals surface area (Å²) in [6, 6.07) is 0. The van der Waals surface area contributed by atoms with Crippen LogP contribution in [-0.2, 0) is 17.8 Å². The number of aliphatic hydroxyl groups excluding tert-OH is 1. The van der Waals surface area contributed by atoms with Crippen LogP contribution in [-0.4, -0.2) is 41.8 Å². The van der Waals surface area contributed by atoms with Crippen LogP contribution in [0.15, 0.2) is 0 Å². The number of ether oxygens (including phenoxy) is 1. The van der Waals surface area contributed by atoms with Crippen LogP contribution in [0, 0.1) is 13.8 Å². The molecule has 0 aromatic carbocycles. The molecule has 0 aliphatic rings. The normalized spacial score (nSPS) is 11.1. The lowest BCUT2D eigenvalue weighted by molar-refractivity contribution is 0.199. The van der Waals surface area contributed by atoms with Gasteiger partial charge in [-0.05, 0) is 20.3 Å². The predicted octanol–water partition coefficient (Wildman–Crippen LogP) is 0.618. The molecule has 0 radical (unpaired) electrons. The Hall–Kier alpha value is -0.910. The van der Waals surface area contributed by atoms with Gasteiger partial charge < -0.3 is 15.2 Å². The highest BCUT2D eigenvalue weighted by Crippen LogP contribution is 2.12. The van der Waals surface area contributed by atoms with Gasteiger partial charge in [-0.15, -0.1) is 0 Å². The summed E-state index contributed by atoms with van der Waals surface area (Å²) in [5, 5.41) is 16.6. The summed E-state index contributed by atoms with van der Waals surface area (Å²) in [6.07, 6.45) is 0.749. The number of rotatable bonds is 8. The molecule has 0 spiro atoms. The summed E-state index contributed by atoms with van der Waals surface area (Å²) < 4.78 is 6.96. The summed E-state index contributed by atoms with van der Waals surface area (Å²) in [7, 11) is 1.70. The Balaban J connectivity index is 2.55. The van der Waals surface area contributed by atoms with Crippen LogP contribution in [0.5, 0.6) is 0 Å². The highest BCUT2D eigenvalue weighted by molar-refractivity contribution is 5.24. The Kier molecular flexibility index (Phi) is 6.18. The smallest absolute Gasteiger partial charge is 0.0641 e. The minimum Gasteiger partial charge on any atom is -0.396 e. The monoisotopic (exact) mass is 241 g/mol. The lowest BCUT2D eigenvalue weighted by atomic mass is 10.2. The molecule has 0 saturated carbocycles. The lowest BCUT2D eigenvalue weighted by Gasteiger charge is -2.06. The van der Waals surface area contributed by atoms with E-state index in [1.165, 1.54) is 11.3 Å². The van der Waals surface area contributed by atoms with E-state index in [0.717, 1.165) is 38.4 Å². The third-order valence-electron chi connectivity index (χ3n) is 2.84. The summed E-state index contributed by atoms with van der Waals surface area (Å²) >= 11 is 0. The van der Waals surface area contributed by atoms with Crippen molar-refractivity contribution >= 4 is 0 Å². The van der Waals surface area contributed by atoms with Gasteiger partial charge in [0, 0.05) is 44.6 Å². The number of aliphatic hydroxyl groups is 1. The summed E-state index contributed by atoms with van der Waals surface area (Å²) in [5.41, 5.74) is 3.49. The Bertz CT molecular complexity index is 337. The maximum Gasteiger partial charge on any atom is 0.0641 e. The maximum atomic E-state index is 8.83. The van der Waals surface area contributed by atoms with Crippen molar-refractivity contribution in [1.82, 2.24) is 15.1 Å². The number of hydrogen-bond donors (Lipinski definition) is 2. The predicted molar refractivity (Wildman–Crippen MR) is 67.0 cm³/mol. The van der Waals surface area contributed by atoms with Gasteiger partial charge in [-0.2, -0.15) is 5.10 Å². The van der Waals surface area contributed by atoms with E-state index in [4.69, 9.17) is 9.84 Å².